The van der Waals surface area contributed by atoms with Gasteiger partial charge in [0.2, 0.25) is 11.8 Å². The largest absolute Gasteiger partial charge is 0.331 e. The van der Waals surface area contributed by atoms with Gasteiger partial charge in [-0.25, -0.2) is 0 Å². The van der Waals surface area contributed by atoms with Crippen LogP contribution in [0.3, 0.4) is 0 Å². The first-order chi connectivity index (χ1) is 12.6. The SMILES string of the molecule is Cc1cccc([C@@H]2SCC(=O)N2CC[NH+]2CCN(C(=O)C3CC3)CC2)c1. The quantitative estimate of drug-likeness (QED) is 0.826. The van der Waals surface area contributed by atoms with Crippen molar-refractivity contribution in [1.82, 2.24) is 9.80 Å². The number of hydrogen-bond donors (Lipinski definition) is 1. The average Bonchev–Trinajstić information content (AvgIpc) is 3.43. The molecule has 0 radical (unpaired) electrons. The lowest BCUT2D eigenvalue weighted by atomic mass is 10.1. The lowest BCUT2D eigenvalue weighted by molar-refractivity contribution is -0.903. The molecule has 0 unspecified atom stereocenters. The van der Waals surface area contributed by atoms with Crippen LogP contribution >= 0.6 is 11.8 Å². The number of nitrogens with zero attached hydrogens (tertiary/aromatic N) is 2. The molecule has 0 spiro atoms. The zero-order valence-electron chi connectivity index (χ0n) is 15.4. The molecule has 140 valence electrons. The van der Waals surface area contributed by atoms with Crippen LogP contribution < -0.4 is 4.90 Å². The number of nitrogens with one attached hydrogen (secondary N) is 1. The van der Waals surface area contributed by atoms with Crippen molar-refractivity contribution in [3.05, 3.63) is 35.4 Å². The number of benzene rings is 1. The van der Waals surface area contributed by atoms with E-state index in [9.17, 15) is 9.59 Å². The van der Waals surface area contributed by atoms with Crippen molar-refractivity contribution < 1.29 is 14.5 Å². The number of carbonyl (C=O) groups excluding carboxylic acids is 2. The average molecular weight is 375 g/mol. The van der Waals surface area contributed by atoms with Crippen LogP contribution in [0.1, 0.15) is 29.3 Å². The minimum atomic E-state index is 0.152. The van der Waals surface area contributed by atoms with E-state index in [4.69, 9.17) is 0 Å². The zero-order chi connectivity index (χ0) is 18.1. The highest BCUT2D eigenvalue weighted by Gasteiger charge is 2.36. The third-order valence-corrected chi connectivity index (χ3v) is 6.97. The summed E-state index contributed by atoms with van der Waals surface area (Å²) in [4.78, 5) is 30.2. The summed E-state index contributed by atoms with van der Waals surface area (Å²) >= 11 is 1.74. The Morgan fingerprint density at radius 3 is 2.73 bits per heavy atom. The molecule has 2 amide bonds. The van der Waals surface area contributed by atoms with Crippen LogP contribution in [0.4, 0.5) is 0 Å². The van der Waals surface area contributed by atoms with Gasteiger partial charge in [0, 0.05) is 5.92 Å². The van der Waals surface area contributed by atoms with E-state index in [-0.39, 0.29) is 11.3 Å². The van der Waals surface area contributed by atoms with E-state index in [0.29, 0.717) is 17.6 Å². The Bertz CT molecular complexity index is 683. The molecular formula is C20H28N3O2S+. The summed E-state index contributed by atoms with van der Waals surface area (Å²) in [6.07, 6.45) is 2.17. The maximum atomic E-state index is 12.4. The topological polar surface area (TPSA) is 45.1 Å². The highest BCUT2D eigenvalue weighted by molar-refractivity contribution is 8.00. The second-order valence-electron chi connectivity index (χ2n) is 7.76. The number of thioether (sulfide) groups is 1. The van der Waals surface area contributed by atoms with Crippen molar-refractivity contribution in [2.24, 2.45) is 5.92 Å². The number of rotatable bonds is 5. The third kappa shape index (κ3) is 3.91. The number of carbonyl (C=O) groups is 2. The van der Waals surface area contributed by atoms with E-state index in [1.807, 2.05) is 9.80 Å². The molecule has 5 nitrogen and oxygen atoms in total. The Morgan fingerprint density at radius 2 is 2.04 bits per heavy atom. The van der Waals surface area contributed by atoms with Crippen molar-refractivity contribution >= 4 is 23.6 Å². The zero-order valence-corrected chi connectivity index (χ0v) is 16.3. The minimum Gasteiger partial charge on any atom is -0.331 e. The van der Waals surface area contributed by atoms with Gasteiger partial charge in [-0.05, 0) is 25.3 Å². The maximum absolute atomic E-state index is 12.4. The van der Waals surface area contributed by atoms with E-state index < -0.39 is 0 Å². The maximum Gasteiger partial charge on any atom is 0.234 e. The van der Waals surface area contributed by atoms with Gasteiger partial charge in [-0.2, -0.15) is 0 Å². The highest BCUT2D eigenvalue weighted by Crippen LogP contribution is 2.38. The summed E-state index contributed by atoms with van der Waals surface area (Å²) in [5.74, 6) is 1.53. The van der Waals surface area contributed by atoms with Gasteiger partial charge in [0.05, 0.1) is 45.0 Å². The van der Waals surface area contributed by atoms with Gasteiger partial charge in [0.1, 0.15) is 5.37 Å². The van der Waals surface area contributed by atoms with Crippen molar-refractivity contribution in [3.8, 4) is 0 Å². The van der Waals surface area contributed by atoms with Gasteiger partial charge in [0.25, 0.3) is 0 Å². The third-order valence-electron chi connectivity index (χ3n) is 5.71. The molecule has 0 aromatic heterocycles. The standard InChI is InChI=1S/C20H27N3O2S/c1-15-3-2-4-17(13-15)20-23(18(24)14-26-20)12-9-21-7-10-22(11-8-21)19(25)16-5-6-16/h2-4,13,16,20H,5-12,14H2,1H3/p+1/t20-/m0/s1. The second-order valence-corrected chi connectivity index (χ2v) is 8.83. The Kier molecular flexibility index (Phi) is 5.23. The van der Waals surface area contributed by atoms with Crippen LogP contribution in [-0.4, -0.2) is 66.6 Å². The monoisotopic (exact) mass is 374 g/mol. The first-order valence-electron chi connectivity index (χ1n) is 9.72. The Hall–Kier alpha value is -1.53. The Labute approximate surface area is 159 Å². The van der Waals surface area contributed by atoms with Crippen LogP contribution in [0.2, 0.25) is 0 Å². The van der Waals surface area contributed by atoms with Crippen LogP contribution in [0.5, 0.6) is 0 Å². The first kappa shape index (κ1) is 17.9. The summed E-state index contributed by atoms with van der Waals surface area (Å²) in [6, 6.07) is 8.50. The molecule has 1 aliphatic carbocycles. The molecule has 26 heavy (non-hydrogen) atoms. The van der Waals surface area contributed by atoms with E-state index in [1.54, 1.807) is 11.8 Å². The fourth-order valence-electron chi connectivity index (χ4n) is 3.96. The lowest BCUT2D eigenvalue weighted by Gasteiger charge is -2.33. The minimum absolute atomic E-state index is 0.152. The fourth-order valence-corrected chi connectivity index (χ4v) is 5.16. The number of piperazine rings is 1. The van der Waals surface area contributed by atoms with Gasteiger partial charge in [-0.1, -0.05) is 29.8 Å². The molecule has 1 aromatic rings. The van der Waals surface area contributed by atoms with Crippen molar-refractivity contribution in [2.75, 3.05) is 45.0 Å². The van der Waals surface area contributed by atoms with Gasteiger partial charge < -0.3 is 14.7 Å². The molecule has 1 aromatic carbocycles. The van der Waals surface area contributed by atoms with E-state index in [0.717, 1.165) is 52.1 Å². The fraction of sp³-hybridized carbons (Fsp3) is 0.600. The predicted molar refractivity (Wildman–Crippen MR) is 103 cm³/mol. The molecule has 3 aliphatic rings. The molecule has 2 saturated heterocycles. The van der Waals surface area contributed by atoms with Gasteiger partial charge in [0.15, 0.2) is 0 Å². The molecule has 2 heterocycles. The molecular weight excluding hydrogens is 346 g/mol. The summed E-state index contributed by atoms with van der Waals surface area (Å²) < 4.78 is 0. The van der Waals surface area contributed by atoms with Crippen molar-refractivity contribution in [1.29, 1.82) is 0 Å². The molecule has 1 N–H and O–H groups in total. The number of amides is 2. The molecule has 2 aliphatic heterocycles. The summed E-state index contributed by atoms with van der Waals surface area (Å²) in [6.45, 7) is 7.62. The number of hydrogen-bond acceptors (Lipinski definition) is 3. The predicted octanol–water partition coefficient (Wildman–Crippen LogP) is 0.706. The summed E-state index contributed by atoms with van der Waals surface area (Å²) in [7, 11) is 0. The Morgan fingerprint density at radius 1 is 1.27 bits per heavy atom. The molecule has 1 saturated carbocycles. The Balaban J connectivity index is 1.30. The van der Waals surface area contributed by atoms with Crippen LogP contribution in [0, 0.1) is 12.8 Å². The molecule has 3 fully saturated rings. The summed E-state index contributed by atoms with van der Waals surface area (Å²) in [5.41, 5.74) is 2.47. The van der Waals surface area contributed by atoms with Crippen LogP contribution in [0.15, 0.2) is 24.3 Å². The first-order valence-corrected chi connectivity index (χ1v) is 10.8. The van der Waals surface area contributed by atoms with Crippen LogP contribution in [-0.2, 0) is 9.59 Å². The molecule has 1 atom stereocenters. The lowest BCUT2D eigenvalue weighted by Crippen LogP contribution is -3.15. The van der Waals surface area contributed by atoms with Crippen LogP contribution in [0.25, 0.3) is 0 Å². The molecule has 6 heteroatoms. The van der Waals surface area contributed by atoms with E-state index >= 15 is 0 Å². The van der Waals surface area contributed by atoms with E-state index in [2.05, 4.69) is 31.2 Å². The second kappa shape index (κ2) is 7.61. The normalized spacial score (nSPS) is 24.3. The van der Waals surface area contributed by atoms with Crippen molar-refractivity contribution in [2.45, 2.75) is 25.1 Å². The number of quaternary nitrogens is 1. The van der Waals surface area contributed by atoms with Gasteiger partial charge >= 0.3 is 0 Å². The van der Waals surface area contributed by atoms with E-state index in [1.165, 1.54) is 16.0 Å². The highest BCUT2D eigenvalue weighted by atomic mass is 32.2. The molecule has 0 bridgehead atoms. The number of aryl methyl sites for hydroxylation is 1. The van der Waals surface area contributed by atoms with Gasteiger partial charge in [-0.15, -0.1) is 11.8 Å². The smallest absolute Gasteiger partial charge is 0.234 e. The summed E-state index contributed by atoms with van der Waals surface area (Å²) in [5, 5.41) is 0.152. The van der Waals surface area contributed by atoms with Crippen molar-refractivity contribution in [3.63, 3.8) is 0 Å². The molecule has 4 rings (SSSR count). The van der Waals surface area contributed by atoms with Gasteiger partial charge in [-0.3, -0.25) is 9.59 Å².